The molecule has 0 aliphatic carbocycles. The number of hydrogen-bond donors (Lipinski definition) is 0. The van der Waals surface area contributed by atoms with Crippen LogP contribution in [0.3, 0.4) is 0 Å². The molecule has 2 aromatic rings. The van der Waals surface area contributed by atoms with Crippen LogP contribution in [0.2, 0.25) is 0 Å². The van der Waals surface area contributed by atoms with Crippen LogP contribution in [0.5, 0.6) is 5.75 Å². The molecule has 0 atom stereocenters. The van der Waals surface area contributed by atoms with Crippen LogP contribution in [0.4, 0.5) is 0 Å². The van der Waals surface area contributed by atoms with Gasteiger partial charge in [0.15, 0.2) is 5.78 Å². The van der Waals surface area contributed by atoms with Gasteiger partial charge in [-0.15, -0.1) is 0 Å². The van der Waals surface area contributed by atoms with Crippen LogP contribution in [0.1, 0.15) is 31.1 Å². The average molecular weight is 255 g/mol. The molecule has 0 aliphatic heterocycles. The van der Waals surface area contributed by atoms with Gasteiger partial charge >= 0.3 is 0 Å². The molecule has 3 nitrogen and oxygen atoms in total. The number of nitrogens with zero attached hydrogens (tertiary/aromatic N) is 1. The first-order chi connectivity index (χ1) is 9.08. The third kappa shape index (κ3) is 3.19. The number of carbonyl (C=O) groups excluding carboxylic acids is 1. The molecule has 1 aromatic heterocycles. The first-order valence-electron chi connectivity index (χ1n) is 6.31. The van der Waals surface area contributed by atoms with E-state index in [4.69, 9.17) is 4.74 Å². The molecule has 0 radical (unpaired) electrons. The summed E-state index contributed by atoms with van der Waals surface area (Å²) in [5.41, 5.74) is 2.44. The van der Waals surface area contributed by atoms with Gasteiger partial charge in [0.05, 0.1) is 6.10 Å². The van der Waals surface area contributed by atoms with E-state index >= 15 is 0 Å². The molecule has 0 amide bonds. The molecule has 0 saturated heterocycles. The van der Waals surface area contributed by atoms with Crippen LogP contribution in [0.25, 0.3) is 11.3 Å². The molecule has 0 N–H and O–H groups in total. The molecule has 0 aliphatic rings. The summed E-state index contributed by atoms with van der Waals surface area (Å²) < 4.78 is 5.75. The van der Waals surface area contributed by atoms with Gasteiger partial charge in [-0.05, 0) is 32.9 Å². The maximum Gasteiger partial charge on any atom is 0.159 e. The fraction of sp³-hybridized carbons (Fsp3) is 0.250. The number of hydrogen-bond acceptors (Lipinski definition) is 3. The Morgan fingerprint density at radius 3 is 2.42 bits per heavy atom. The fourth-order valence-corrected chi connectivity index (χ4v) is 1.82. The smallest absolute Gasteiger partial charge is 0.159 e. The highest BCUT2D eigenvalue weighted by molar-refractivity contribution is 5.94. The van der Waals surface area contributed by atoms with E-state index in [9.17, 15) is 4.79 Å². The normalized spacial score (nSPS) is 10.5. The SMILES string of the molecule is CC(=O)c1ccc(-c2ncccc2OC(C)C)cc1. The molecule has 0 fully saturated rings. The van der Waals surface area contributed by atoms with Crippen molar-refractivity contribution >= 4 is 5.78 Å². The standard InChI is InChI=1S/C16H17NO2/c1-11(2)19-15-5-4-10-17-16(15)14-8-6-13(7-9-14)12(3)18/h4-11H,1-3H3. The van der Waals surface area contributed by atoms with E-state index in [-0.39, 0.29) is 11.9 Å². The minimum absolute atomic E-state index is 0.0613. The lowest BCUT2D eigenvalue weighted by molar-refractivity contribution is 0.101. The highest BCUT2D eigenvalue weighted by Gasteiger charge is 2.09. The summed E-state index contributed by atoms with van der Waals surface area (Å²) in [4.78, 5) is 15.6. The number of rotatable bonds is 4. The van der Waals surface area contributed by atoms with Crippen molar-refractivity contribution in [1.82, 2.24) is 4.98 Å². The van der Waals surface area contributed by atoms with Gasteiger partial charge in [0.1, 0.15) is 11.4 Å². The lowest BCUT2D eigenvalue weighted by Crippen LogP contribution is -2.07. The Morgan fingerprint density at radius 1 is 1.16 bits per heavy atom. The zero-order valence-corrected chi connectivity index (χ0v) is 11.4. The topological polar surface area (TPSA) is 39.2 Å². The lowest BCUT2D eigenvalue weighted by atomic mass is 10.1. The van der Waals surface area contributed by atoms with Crippen molar-refractivity contribution in [2.75, 3.05) is 0 Å². The third-order valence-electron chi connectivity index (χ3n) is 2.70. The number of ketones is 1. The van der Waals surface area contributed by atoms with Gasteiger partial charge in [-0.3, -0.25) is 9.78 Å². The number of carbonyl (C=O) groups is 1. The zero-order valence-electron chi connectivity index (χ0n) is 11.4. The maximum absolute atomic E-state index is 11.3. The Kier molecular flexibility index (Phi) is 3.95. The fourth-order valence-electron chi connectivity index (χ4n) is 1.82. The molecule has 1 aromatic carbocycles. The number of pyridine rings is 1. The Bertz CT molecular complexity index is 574. The molecule has 0 saturated carbocycles. The summed E-state index contributed by atoms with van der Waals surface area (Å²) in [5, 5.41) is 0. The summed E-state index contributed by atoms with van der Waals surface area (Å²) in [6, 6.07) is 11.2. The van der Waals surface area contributed by atoms with Crippen LogP contribution < -0.4 is 4.74 Å². The quantitative estimate of drug-likeness (QED) is 0.781. The summed E-state index contributed by atoms with van der Waals surface area (Å²) in [6.45, 7) is 5.52. The molecule has 0 bridgehead atoms. The monoisotopic (exact) mass is 255 g/mol. The van der Waals surface area contributed by atoms with E-state index in [1.165, 1.54) is 0 Å². The molecule has 19 heavy (non-hydrogen) atoms. The van der Waals surface area contributed by atoms with Crippen LogP contribution in [-0.4, -0.2) is 16.9 Å². The Morgan fingerprint density at radius 2 is 1.84 bits per heavy atom. The number of ether oxygens (including phenoxy) is 1. The van der Waals surface area contributed by atoms with Crippen molar-refractivity contribution in [2.24, 2.45) is 0 Å². The second-order valence-electron chi connectivity index (χ2n) is 4.65. The highest BCUT2D eigenvalue weighted by atomic mass is 16.5. The van der Waals surface area contributed by atoms with Crippen molar-refractivity contribution in [2.45, 2.75) is 26.9 Å². The number of aromatic nitrogens is 1. The van der Waals surface area contributed by atoms with Gasteiger partial charge in [-0.25, -0.2) is 0 Å². The minimum atomic E-state index is 0.0613. The maximum atomic E-state index is 11.3. The Hall–Kier alpha value is -2.16. The van der Waals surface area contributed by atoms with Crippen molar-refractivity contribution in [3.05, 3.63) is 48.2 Å². The van der Waals surface area contributed by atoms with Gasteiger partial charge in [-0.1, -0.05) is 24.3 Å². The molecule has 2 rings (SSSR count). The Balaban J connectivity index is 2.38. The predicted molar refractivity (Wildman–Crippen MR) is 75.4 cm³/mol. The van der Waals surface area contributed by atoms with E-state index < -0.39 is 0 Å². The second-order valence-corrected chi connectivity index (χ2v) is 4.65. The molecular weight excluding hydrogens is 238 g/mol. The van der Waals surface area contributed by atoms with Crippen molar-refractivity contribution in [3.63, 3.8) is 0 Å². The Labute approximate surface area is 113 Å². The summed E-state index contributed by atoms with van der Waals surface area (Å²) >= 11 is 0. The molecule has 0 unspecified atom stereocenters. The van der Waals surface area contributed by atoms with Gasteiger partial charge in [-0.2, -0.15) is 0 Å². The lowest BCUT2D eigenvalue weighted by Gasteiger charge is -2.13. The van der Waals surface area contributed by atoms with Crippen LogP contribution in [0.15, 0.2) is 42.6 Å². The first-order valence-corrected chi connectivity index (χ1v) is 6.31. The van der Waals surface area contributed by atoms with Crippen LogP contribution in [-0.2, 0) is 0 Å². The van der Waals surface area contributed by atoms with E-state index in [0.717, 1.165) is 17.0 Å². The molecule has 1 heterocycles. The van der Waals surface area contributed by atoms with E-state index in [2.05, 4.69) is 4.98 Å². The van der Waals surface area contributed by atoms with Gasteiger partial charge in [0.25, 0.3) is 0 Å². The van der Waals surface area contributed by atoms with Gasteiger partial charge in [0.2, 0.25) is 0 Å². The highest BCUT2D eigenvalue weighted by Crippen LogP contribution is 2.28. The van der Waals surface area contributed by atoms with Gasteiger partial charge < -0.3 is 4.74 Å². The zero-order chi connectivity index (χ0) is 13.8. The minimum Gasteiger partial charge on any atom is -0.489 e. The average Bonchev–Trinajstić information content (AvgIpc) is 2.39. The van der Waals surface area contributed by atoms with Crippen molar-refractivity contribution < 1.29 is 9.53 Å². The van der Waals surface area contributed by atoms with Gasteiger partial charge in [0, 0.05) is 17.3 Å². The van der Waals surface area contributed by atoms with Crippen LogP contribution in [0, 0.1) is 0 Å². The molecule has 98 valence electrons. The first kappa shape index (κ1) is 13.3. The predicted octanol–water partition coefficient (Wildman–Crippen LogP) is 3.74. The van der Waals surface area contributed by atoms with Crippen molar-refractivity contribution in [3.8, 4) is 17.0 Å². The largest absolute Gasteiger partial charge is 0.489 e. The van der Waals surface area contributed by atoms with E-state index in [1.54, 1.807) is 13.1 Å². The van der Waals surface area contributed by atoms with E-state index in [0.29, 0.717) is 5.56 Å². The van der Waals surface area contributed by atoms with E-state index in [1.807, 2.05) is 50.2 Å². The molecule has 3 heteroatoms. The number of Topliss-reactive ketones (excluding diaryl/α,β-unsaturated/α-hetero) is 1. The third-order valence-corrected chi connectivity index (χ3v) is 2.70. The van der Waals surface area contributed by atoms with Crippen LogP contribution >= 0.6 is 0 Å². The number of benzene rings is 1. The summed E-state index contributed by atoms with van der Waals surface area (Å²) in [6.07, 6.45) is 1.83. The molecule has 0 spiro atoms. The second kappa shape index (κ2) is 5.65. The summed E-state index contributed by atoms with van der Waals surface area (Å²) in [7, 11) is 0. The summed E-state index contributed by atoms with van der Waals surface area (Å²) in [5.74, 6) is 0.819. The van der Waals surface area contributed by atoms with Crippen molar-refractivity contribution in [1.29, 1.82) is 0 Å². The molecular formula is C16H17NO2.